The van der Waals surface area contributed by atoms with Crippen LogP contribution in [-0.2, 0) is 17.6 Å². The van der Waals surface area contributed by atoms with Crippen molar-refractivity contribution in [3.8, 4) is 23.2 Å². The van der Waals surface area contributed by atoms with Crippen LogP contribution < -0.4 is 9.64 Å². The van der Waals surface area contributed by atoms with Crippen molar-refractivity contribution < 1.29 is 9.53 Å². The third kappa shape index (κ3) is 5.36. The number of piperazine rings is 1. The van der Waals surface area contributed by atoms with Crippen molar-refractivity contribution in [2.24, 2.45) is 5.92 Å². The van der Waals surface area contributed by atoms with Crippen molar-refractivity contribution in [3.05, 3.63) is 54.2 Å². The van der Waals surface area contributed by atoms with E-state index < -0.39 is 0 Å². The Kier molecular flexibility index (Phi) is 7.59. The number of benzene rings is 1. The van der Waals surface area contributed by atoms with Crippen LogP contribution in [0, 0.1) is 17.2 Å². The van der Waals surface area contributed by atoms with Crippen LogP contribution >= 0.6 is 0 Å². The third-order valence-electron chi connectivity index (χ3n) is 8.85. The van der Waals surface area contributed by atoms with E-state index in [1.165, 1.54) is 22.8 Å². The summed E-state index contributed by atoms with van der Waals surface area (Å²) in [6.45, 7) is 9.04. The van der Waals surface area contributed by atoms with Gasteiger partial charge < -0.3 is 19.4 Å². The summed E-state index contributed by atoms with van der Waals surface area (Å²) in [6.07, 6.45) is 7.89. The van der Waals surface area contributed by atoms with E-state index in [0.29, 0.717) is 55.5 Å². The maximum absolute atomic E-state index is 12.5. The number of nitriles is 1. The maximum Gasteiger partial charge on any atom is 0.319 e. The van der Waals surface area contributed by atoms with Crippen molar-refractivity contribution in [2.75, 3.05) is 44.7 Å². The number of nitrogens with zero attached hydrogens (tertiary/aromatic N) is 7. The highest BCUT2D eigenvalue weighted by Gasteiger charge is 2.32. The molecule has 3 atom stereocenters. The summed E-state index contributed by atoms with van der Waals surface area (Å²) in [5, 5.41) is 9.49. The molecular formula is C32H37N7O2. The van der Waals surface area contributed by atoms with Gasteiger partial charge in [0, 0.05) is 37.4 Å². The lowest BCUT2D eigenvalue weighted by atomic mass is 9.97. The first-order valence-corrected chi connectivity index (χ1v) is 14.6. The number of carbonyl (C=O) groups excluding carboxylic acids is 1. The van der Waals surface area contributed by atoms with Crippen LogP contribution in [0.5, 0.6) is 6.01 Å². The Labute approximate surface area is 241 Å². The molecule has 2 saturated heterocycles. The van der Waals surface area contributed by atoms with Gasteiger partial charge >= 0.3 is 6.01 Å². The zero-order valence-corrected chi connectivity index (χ0v) is 23.9. The van der Waals surface area contributed by atoms with Gasteiger partial charge in [0.15, 0.2) is 5.82 Å². The van der Waals surface area contributed by atoms with Crippen LogP contribution in [0.15, 0.2) is 43.1 Å². The third-order valence-corrected chi connectivity index (χ3v) is 8.85. The first kappa shape index (κ1) is 27.2. The average Bonchev–Trinajstić information content (AvgIpc) is 3.58. The summed E-state index contributed by atoms with van der Waals surface area (Å²) in [5.41, 5.74) is 6.49. The van der Waals surface area contributed by atoms with Gasteiger partial charge in [-0.05, 0) is 74.0 Å². The van der Waals surface area contributed by atoms with Crippen LogP contribution in [0.4, 0.5) is 5.82 Å². The number of hydrogen-bond acceptors (Lipinski definition) is 8. The first-order chi connectivity index (χ1) is 19.9. The summed E-state index contributed by atoms with van der Waals surface area (Å²) in [4.78, 5) is 33.3. The SMILES string of the molecule is C=CC(=O)N1CCN(c2nc(OC[C@@H]3CCCN3C)nc3cc(-c4cccc5c4CC(C)C5)cnc23)C[C@@H]1CC#N. The summed E-state index contributed by atoms with van der Waals surface area (Å²) in [5.74, 6) is 1.15. The van der Waals surface area contributed by atoms with Gasteiger partial charge in [-0.15, -0.1) is 0 Å². The molecular weight excluding hydrogens is 514 g/mol. The Morgan fingerprint density at radius 1 is 1.22 bits per heavy atom. The minimum atomic E-state index is -0.269. The van der Waals surface area contributed by atoms with E-state index in [0.717, 1.165) is 43.3 Å². The van der Waals surface area contributed by atoms with Crippen molar-refractivity contribution in [2.45, 2.75) is 51.1 Å². The molecule has 0 bridgehead atoms. The lowest BCUT2D eigenvalue weighted by Gasteiger charge is -2.40. The van der Waals surface area contributed by atoms with Gasteiger partial charge in [-0.3, -0.25) is 9.78 Å². The number of rotatable bonds is 7. The molecule has 9 nitrogen and oxygen atoms in total. The highest BCUT2D eigenvalue weighted by atomic mass is 16.5. The number of carbonyl (C=O) groups is 1. The minimum absolute atomic E-state index is 0.158. The normalized spacial score (nSPS) is 22.5. The molecule has 1 amide bonds. The molecule has 0 N–H and O–H groups in total. The summed E-state index contributed by atoms with van der Waals surface area (Å²) >= 11 is 0. The van der Waals surface area contributed by atoms with Crippen molar-refractivity contribution in [3.63, 3.8) is 0 Å². The molecule has 0 radical (unpaired) electrons. The topological polar surface area (TPSA) is 98.5 Å². The zero-order chi connectivity index (χ0) is 28.5. The van der Waals surface area contributed by atoms with Crippen molar-refractivity contribution in [1.29, 1.82) is 5.26 Å². The van der Waals surface area contributed by atoms with Crippen LogP contribution in [0.1, 0.15) is 37.3 Å². The molecule has 212 valence electrons. The van der Waals surface area contributed by atoms with Gasteiger partial charge in [0.05, 0.1) is 24.0 Å². The molecule has 1 unspecified atom stereocenters. The molecule has 1 aliphatic carbocycles. The van der Waals surface area contributed by atoms with Gasteiger partial charge in [0.25, 0.3) is 0 Å². The molecule has 9 heteroatoms. The number of amides is 1. The van der Waals surface area contributed by atoms with Crippen molar-refractivity contribution >= 4 is 22.8 Å². The van der Waals surface area contributed by atoms with Gasteiger partial charge in [-0.2, -0.15) is 15.2 Å². The number of pyridine rings is 1. The molecule has 2 aromatic heterocycles. The van der Waals surface area contributed by atoms with E-state index in [-0.39, 0.29) is 18.4 Å². The van der Waals surface area contributed by atoms with E-state index >= 15 is 0 Å². The van der Waals surface area contributed by atoms with Gasteiger partial charge in [-0.25, -0.2) is 0 Å². The fourth-order valence-electron chi connectivity index (χ4n) is 6.64. The van der Waals surface area contributed by atoms with Crippen LogP contribution in [0.2, 0.25) is 0 Å². The Balaban J connectivity index is 1.38. The molecule has 3 aliphatic rings. The Bertz CT molecular complexity index is 1520. The number of fused-ring (bicyclic) bond motifs is 2. The Morgan fingerprint density at radius 2 is 2.10 bits per heavy atom. The monoisotopic (exact) mass is 551 g/mol. The fraction of sp³-hybridized carbons (Fsp3) is 0.469. The number of ether oxygens (including phenoxy) is 1. The van der Waals surface area contributed by atoms with E-state index in [9.17, 15) is 10.1 Å². The van der Waals surface area contributed by atoms with E-state index in [1.54, 1.807) is 4.90 Å². The molecule has 0 saturated carbocycles. The fourth-order valence-corrected chi connectivity index (χ4v) is 6.64. The largest absolute Gasteiger partial charge is 0.462 e. The van der Waals surface area contributed by atoms with Crippen LogP contribution in [0.3, 0.4) is 0 Å². The summed E-state index contributed by atoms with van der Waals surface area (Å²) in [6, 6.07) is 11.3. The minimum Gasteiger partial charge on any atom is -0.462 e. The lowest BCUT2D eigenvalue weighted by molar-refractivity contribution is -0.128. The standard InChI is InChI=1S/C32H37N7O2/c1-4-29(40)39-14-13-38(19-24(39)10-11-33)31-30-28(35-32(36-31)41-20-25-8-6-12-37(25)3)17-23(18-34-30)26-9-5-7-22-15-21(2)16-27(22)26/h4-5,7,9,17-18,21,24-25H,1,6,8,10,12-16,19-20H2,2-3H3/t21?,24-,25-/m0/s1. The molecule has 1 aromatic carbocycles. The first-order valence-electron chi connectivity index (χ1n) is 14.6. The Hall–Kier alpha value is -4.03. The molecule has 4 heterocycles. The second-order valence-electron chi connectivity index (χ2n) is 11.7. The smallest absolute Gasteiger partial charge is 0.319 e. The molecule has 2 fully saturated rings. The van der Waals surface area contributed by atoms with Crippen LogP contribution in [0.25, 0.3) is 22.2 Å². The molecule has 2 aliphatic heterocycles. The summed E-state index contributed by atoms with van der Waals surface area (Å²) < 4.78 is 6.24. The van der Waals surface area contributed by atoms with Gasteiger partial charge in [-0.1, -0.05) is 31.7 Å². The average molecular weight is 552 g/mol. The summed E-state index contributed by atoms with van der Waals surface area (Å²) in [7, 11) is 2.13. The molecule has 6 rings (SSSR count). The number of anilines is 1. The van der Waals surface area contributed by atoms with E-state index in [1.807, 2.05) is 6.20 Å². The highest BCUT2D eigenvalue weighted by Crippen LogP contribution is 2.36. The zero-order valence-electron chi connectivity index (χ0n) is 23.9. The van der Waals surface area contributed by atoms with Crippen LogP contribution in [-0.4, -0.2) is 82.6 Å². The predicted molar refractivity (Wildman–Crippen MR) is 159 cm³/mol. The number of aromatic nitrogens is 3. The number of likely N-dealkylation sites (tertiary alicyclic amines) is 1. The molecule has 3 aromatic rings. The maximum atomic E-state index is 12.5. The van der Waals surface area contributed by atoms with Crippen molar-refractivity contribution in [1.82, 2.24) is 24.8 Å². The Morgan fingerprint density at radius 3 is 2.88 bits per heavy atom. The molecule has 41 heavy (non-hydrogen) atoms. The predicted octanol–water partition coefficient (Wildman–Crippen LogP) is 4.02. The quantitative estimate of drug-likeness (QED) is 0.406. The van der Waals surface area contributed by atoms with Gasteiger partial charge in [0.2, 0.25) is 5.91 Å². The number of likely N-dealkylation sites (N-methyl/N-ethyl adjacent to an activating group) is 1. The molecule has 0 spiro atoms. The highest BCUT2D eigenvalue weighted by molar-refractivity contribution is 5.90. The van der Waals surface area contributed by atoms with Gasteiger partial charge in [0.1, 0.15) is 12.1 Å². The van der Waals surface area contributed by atoms with E-state index in [4.69, 9.17) is 19.7 Å². The lowest BCUT2D eigenvalue weighted by Crippen LogP contribution is -2.55. The van der Waals surface area contributed by atoms with E-state index in [2.05, 4.69) is 60.7 Å². The second kappa shape index (κ2) is 11.5. The number of hydrogen-bond donors (Lipinski definition) is 0. The second-order valence-corrected chi connectivity index (χ2v) is 11.7.